The average molecular weight is 365 g/mol. The lowest BCUT2D eigenvalue weighted by Crippen LogP contribution is -2.39. The molecule has 0 aliphatic heterocycles. The van der Waals surface area contributed by atoms with E-state index in [0.29, 0.717) is 6.54 Å². The second-order valence-electron chi connectivity index (χ2n) is 6.28. The molecule has 134 valence electrons. The van der Waals surface area contributed by atoms with Crippen LogP contribution in [-0.4, -0.2) is 24.0 Å². The van der Waals surface area contributed by atoms with E-state index < -0.39 is 0 Å². The molecule has 0 aliphatic rings. The largest absolute Gasteiger partial charge is 0.497 e. The molecule has 0 radical (unpaired) electrons. The first-order chi connectivity index (χ1) is 12.7. The SMILES string of the molecule is COc1ccc(CN(C(=O)c2ccccc2)[C@@H](C)Cc2cccs2)cc1. The van der Waals surface area contributed by atoms with Gasteiger partial charge in [0.2, 0.25) is 0 Å². The number of hydrogen-bond donors (Lipinski definition) is 0. The number of thiophene rings is 1. The van der Waals surface area contributed by atoms with Crippen LogP contribution in [-0.2, 0) is 13.0 Å². The molecule has 3 aromatic rings. The molecule has 1 amide bonds. The summed E-state index contributed by atoms with van der Waals surface area (Å²) >= 11 is 1.73. The van der Waals surface area contributed by atoms with Gasteiger partial charge in [-0.25, -0.2) is 0 Å². The number of hydrogen-bond acceptors (Lipinski definition) is 3. The van der Waals surface area contributed by atoms with Gasteiger partial charge in [-0.1, -0.05) is 36.4 Å². The third-order valence-electron chi connectivity index (χ3n) is 4.40. The Hall–Kier alpha value is -2.59. The van der Waals surface area contributed by atoms with E-state index in [1.165, 1.54) is 4.88 Å². The summed E-state index contributed by atoms with van der Waals surface area (Å²) in [5.41, 5.74) is 1.81. The summed E-state index contributed by atoms with van der Waals surface area (Å²) in [6, 6.07) is 21.7. The molecule has 3 nitrogen and oxygen atoms in total. The number of nitrogens with zero attached hydrogens (tertiary/aromatic N) is 1. The predicted octanol–water partition coefficient (Wildman–Crippen LogP) is 5.03. The Morgan fingerprint density at radius 2 is 1.77 bits per heavy atom. The molecule has 26 heavy (non-hydrogen) atoms. The molecule has 0 spiro atoms. The molecule has 0 unspecified atom stereocenters. The van der Waals surface area contributed by atoms with Crippen molar-refractivity contribution in [3.05, 3.63) is 88.1 Å². The van der Waals surface area contributed by atoms with Crippen LogP contribution in [0.3, 0.4) is 0 Å². The van der Waals surface area contributed by atoms with Crippen molar-refractivity contribution in [2.24, 2.45) is 0 Å². The smallest absolute Gasteiger partial charge is 0.254 e. The minimum atomic E-state index is 0.0606. The van der Waals surface area contributed by atoms with E-state index in [1.54, 1.807) is 18.4 Å². The summed E-state index contributed by atoms with van der Waals surface area (Å²) in [6.45, 7) is 2.69. The van der Waals surface area contributed by atoms with Gasteiger partial charge in [0.25, 0.3) is 5.91 Å². The van der Waals surface area contributed by atoms with Crippen molar-refractivity contribution < 1.29 is 9.53 Å². The molecule has 3 rings (SSSR count). The van der Waals surface area contributed by atoms with Gasteiger partial charge in [0, 0.05) is 29.4 Å². The predicted molar refractivity (Wildman–Crippen MR) is 107 cm³/mol. The summed E-state index contributed by atoms with van der Waals surface area (Å²) < 4.78 is 5.23. The zero-order valence-corrected chi connectivity index (χ0v) is 15.9. The Kier molecular flexibility index (Phi) is 6.08. The zero-order chi connectivity index (χ0) is 18.4. The van der Waals surface area contributed by atoms with Gasteiger partial charge in [-0.2, -0.15) is 0 Å². The van der Waals surface area contributed by atoms with Gasteiger partial charge in [-0.3, -0.25) is 4.79 Å². The molecule has 2 aromatic carbocycles. The van der Waals surface area contributed by atoms with E-state index in [9.17, 15) is 4.79 Å². The topological polar surface area (TPSA) is 29.5 Å². The lowest BCUT2D eigenvalue weighted by molar-refractivity contribution is 0.0676. The highest BCUT2D eigenvalue weighted by atomic mass is 32.1. The number of benzene rings is 2. The number of carbonyl (C=O) groups is 1. The summed E-state index contributed by atoms with van der Waals surface area (Å²) in [5.74, 6) is 0.881. The molecule has 0 saturated carbocycles. The van der Waals surface area contributed by atoms with Crippen molar-refractivity contribution in [1.29, 1.82) is 0 Å². The molecule has 0 bridgehead atoms. The minimum absolute atomic E-state index is 0.0606. The molecule has 0 N–H and O–H groups in total. The number of methoxy groups -OCH3 is 1. The Bertz CT molecular complexity index is 813. The van der Waals surface area contributed by atoms with Crippen molar-refractivity contribution >= 4 is 17.2 Å². The van der Waals surface area contributed by atoms with E-state index in [2.05, 4.69) is 24.4 Å². The maximum atomic E-state index is 13.1. The first kappa shape index (κ1) is 18.2. The average Bonchev–Trinajstić information content (AvgIpc) is 3.19. The van der Waals surface area contributed by atoms with E-state index in [0.717, 1.165) is 23.3 Å². The van der Waals surface area contributed by atoms with Gasteiger partial charge in [-0.05, 0) is 48.2 Å². The van der Waals surface area contributed by atoms with Gasteiger partial charge in [0.1, 0.15) is 5.75 Å². The van der Waals surface area contributed by atoms with Crippen LogP contribution in [0, 0.1) is 0 Å². The number of carbonyl (C=O) groups excluding carboxylic acids is 1. The van der Waals surface area contributed by atoms with Crippen molar-refractivity contribution in [1.82, 2.24) is 4.90 Å². The molecule has 1 atom stereocenters. The van der Waals surface area contributed by atoms with Gasteiger partial charge >= 0.3 is 0 Å². The van der Waals surface area contributed by atoms with E-state index in [-0.39, 0.29) is 11.9 Å². The molecule has 1 heterocycles. The fourth-order valence-corrected chi connectivity index (χ4v) is 3.76. The van der Waals surface area contributed by atoms with E-state index in [4.69, 9.17) is 4.74 Å². The van der Waals surface area contributed by atoms with Crippen LogP contribution in [0.25, 0.3) is 0 Å². The Morgan fingerprint density at radius 3 is 2.38 bits per heavy atom. The fraction of sp³-hybridized carbons (Fsp3) is 0.227. The lowest BCUT2D eigenvalue weighted by atomic mass is 10.1. The molecule has 1 aromatic heterocycles. The highest BCUT2D eigenvalue weighted by molar-refractivity contribution is 7.09. The standard InChI is InChI=1S/C22H23NO2S/c1-17(15-21-9-6-14-26-21)23(22(24)19-7-4-3-5-8-19)16-18-10-12-20(25-2)13-11-18/h3-14,17H,15-16H2,1-2H3/t17-/m0/s1. The van der Waals surface area contributed by atoms with Crippen molar-refractivity contribution in [3.63, 3.8) is 0 Å². The molecule has 0 aliphatic carbocycles. The zero-order valence-electron chi connectivity index (χ0n) is 15.1. The fourth-order valence-electron chi connectivity index (χ4n) is 2.93. The van der Waals surface area contributed by atoms with Crippen molar-refractivity contribution in [3.8, 4) is 5.75 Å². The van der Waals surface area contributed by atoms with Crippen LogP contribution < -0.4 is 4.74 Å². The number of rotatable bonds is 7. The lowest BCUT2D eigenvalue weighted by Gasteiger charge is -2.29. The van der Waals surface area contributed by atoms with Crippen LogP contribution in [0.4, 0.5) is 0 Å². The second-order valence-corrected chi connectivity index (χ2v) is 7.31. The first-order valence-corrected chi connectivity index (χ1v) is 9.56. The molecule has 0 saturated heterocycles. The Labute approximate surface area is 158 Å². The Balaban J connectivity index is 1.83. The van der Waals surface area contributed by atoms with Crippen LogP contribution in [0.15, 0.2) is 72.1 Å². The van der Waals surface area contributed by atoms with Crippen molar-refractivity contribution in [2.45, 2.75) is 25.9 Å². The van der Waals surface area contributed by atoms with Gasteiger partial charge in [-0.15, -0.1) is 11.3 Å². The molecule has 4 heteroatoms. The van der Waals surface area contributed by atoms with Crippen LogP contribution in [0.1, 0.15) is 27.7 Å². The highest BCUT2D eigenvalue weighted by Crippen LogP contribution is 2.20. The highest BCUT2D eigenvalue weighted by Gasteiger charge is 2.22. The van der Waals surface area contributed by atoms with Crippen LogP contribution >= 0.6 is 11.3 Å². The van der Waals surface area contributed by atoms with Crippen LogP contribution in [0.2, 0.25) is 0 Å². The van der Waals surface area contributed by atoms with Crippen LogP contribution in [0.5, 0.6) is 5.75 Å². The summed E-state index contributed by atoms with van der Waals surface area (Å²) in [5, 5.41) is 2.08. The molecular weight excluding hydrogens is 342 g/mol. The minimum Gasteiger partial charge on any atom is -0.497 e. The van der Waals surface area contributed by atoms with Gasteiger partial charge in [0.05, 0.1) is 7.11 Å². The summed E-state index contributed by atoms with van der Waals surface area (Å²) in [4.78, 5) is 16.4. The molecule has 0 fully saturated rings. The summed E-state index contributed by atoms with van der Waals surface area (Å²) in [7, 11) is 1.66. The number of amides is 1. The van der Waals surface area contributed by atoms with E-state index >= 15 is 0 Å². The maximum Gasteiger partial charge on any atom is 0.254 e. The maximum absolute atomic E-state index is 13.1. The Morgan fingerprint density at radius 1 is 1.04 bits per heavy atom. The monoisotopic (exact) mass is 365 g/mol. The number of ether oxygens (including phenoxy) is 1. The van der Waals surface area contributed by atoms with Gasteiger partial charge < -0.3 is 9.64 Å². The molecular formula is C22H23NO2S. The third-order valence-corrected chi connectivity index (χ3v) is 5.30. The normalized spacial score (nSPS) is 11.8. The first-order valence-electron chi connectivity index (χ1n) is 8.68. The van der Waals surface area contributed by atoms with E-state index in [1.807, 2.05) is 59.5 Å². The second kappa shape index (κ2) is 8.68. The third kappa shape index (κ3) is 4.52. The summed E-state index contributed by atoms with van der Waals surface area (Å²) in [6.07, 6.45) is 0.854. The quantitative estimate of drug-likeness (QED) is 0.588. The van der Waals surface area contributed by atoms with Crippen molar-refractivity contribution in [2.75, 3.05) is 7.11 Å². The van der Waals surface area contributed by atoms with Gasteiger partial charge in [0.15, 0.2) is 0 Å².